The van der Waals surface area contributed by atoms with Gasteiger partial charge in [-0.05, 0) is 48.9 Å². The fourth-order valence-corrected chi connectivity index (χ4v) is 3.05. The van der Waals surface area contributed by atoms with Gasteiger partial charge in [0.2, 0.25) is 0 Å². The lowest BCUT2D eigenvalue weighted by Gasteiger charge is -2.36. The van der Waals surface area contributed by atoms with Gasteiger partial charge in [0.15, 0.2) is 0 Å². The van der Waals surface area contributed by atoms with Crippen LogP contribution in [0, 0.1) is 5.41 Å². The van der Waals surface area contributed by atoms with E-state index in [0.717, 1.165) is 5.69 Å². The summed E-state index contributed by atoms with van der Waals surface area (Å²) in [6.07, 6.45) is 4.97. The Labute approximate surface area is 126 Å². The Morgan fingerprint density at radius 3 is 2.67 bits per heavy atom. The normalized spacial score (nSPS) is 20.8. The summed E-state index contributed by atoms with van der Waals surface area (Å²) in [6.45, 7) is 4.91. The SMILES string of the molecule is CC1(C)CCCC(Nc2ccc(C(=O)NCCO)cc2)C1. The average Bonchev–Trinajstić information content (AvgIpc) is 2.44. The second-order valence-corrected chi connectivity index (χ2v) is 6.66. The first-order valence-electron chi connectivity index (χ1n) is 7.76. The first-order valence-corrected chi connectivity index (χ1v) is 7.76. The highest BCUT2D eigenvalue weighted by Gasteiger charge is 2.27. The molecule has 0 radical (unpaired) electrons. The number of benzene rings is 1. The van der Waals surface area contributed by atoms with Crippen molar-refractivity contribution in [2.75, 3.05) is 18.5 Å². The van der Waals surface area contributed by atoms with Gasteiger partial charge in [0.1, 0.15) is 0 Å². The third-order valence-corrected chi connectivity index (χ3v) is 4.12. The van der Waals surface area contributed by atoms with Gasteiger partial charge in [-0.1, -0.05) is 20.3 Å². The van der Waals surface area contributed by atoms with Gasteiger partial charge in [-0.2, -0.15) is 0 Å². The van der Waals surface area contributed by atoms with E-state index in [2.05, 4.69) is 24.5 Å². The van der Waals surface area contributed by atoms with Gasteiger partial charge in [0.05, 0.1) is 6.61 Å². The van der Waals surface area contributed by atoms with E-state index >= 15 is 0 Å². The molecule has 0 heterocycles. The van der Waals surface area contributed by atoms with Gasteiger partial charge in [-0.15, -0.1) is 0 Å². The zero-order chi connectivity index (χ0) is 15.3. The Morgan fingerprint density at radius 2 is 2.05 bits per heavy atom. The lowest BCUT2D eigenvalue weighted by molar-refractivity contribution is 0.0945. The third kappa shape index (κ3) is 4.74. The predicted molar refractivity (Wildman–Crippen MR) is 85.5 cm³/mol. The molecule has 3 N–H and O–H groups in total. The molecule has 1 amide bonds. The molecule has 1 unspecified atom stereocenters. The predicted octanol–water partition coefficient (Wildman–Crippen LogP) is 2.79. The summed E-state index contributed by atoms with van der Waals surface area (Å²) in [7, 11) is 0. The van der Waals surface area contributed by atoms with Crippen molar-refractivity contribution in [2.45, 2.75) is 45.6 Å². The van der Waals surface area contributed by atoms with Gasteiger partial charge in [0, 0.05) is 23.8 Å². The summed E-state index contributed by atoms with van der Waals surface area (Å²) in [5, 5.41) is 14.9. The molecule has 4 nitrogen and oxygen atoms in total. The molecule has 4 heteroatoms. The Kier molecular flexibility index (Phi) is 5.23. The van der Waals surface area contributed by atoms with Crippen LogP contribution in [0.15, 0.2) is 24.3 Å². The van der Waals surface area contributed by atoms with Crippen LogP contribution in [-0.4, -0.2) is 30.2 Å². The van der Waals surface area contributed by atoms with E-state index in [-0.39, 0.29) is 19.1 Å². The molecule has 0 aromatic heterocycles. The molecule has 1 atom stereocenters. The van der Waals surface area contributed by atoms with E-state index in [9.17, 15) is 4.79 Å². The molecule has 0 aliphatic heterocycles. The van der Waals surface area contributed by atoms with Crippen molar-refractivity contribution in [2.24, 2.45) is 5.41 Å². The topological polar surface area (TPSA) is 61.4 Å². The Morgan fingerprint density at radius 1 is 1.33 bits per heavy atom. The second-order valence-electron chi connectivity index (χ2n) is 6.66. The van der Waals surface area contributed by atoms with Crippen LogP contribution >= 0.6 is 0 Å². The molecule has 0 saturated heterocycles. The molecular formula is C17H26N2O2. The number of anilines is 1. The number of carbonyl (C=O) groups is 1. The molecule has 1 aliphatic rings. The van der Waals surface area contributed by atoms with Crippen molar-refractivity contribution < 1.29 is 9.90 Å². The quantitative estimate of drug-likeness (QED) is 0.781. The first kappa shape index (κ1) is 15.8. The monoisotopic (exact) mass is 290 g/mol. The van der Waals surface area contributed by atoms with E-state index < -0.39 is 0 Å². The maximum atomic E-state index is 11.7. The zero-order valence-corrected chi connectivity index (χ0v) is 13.0. The molecule has 0 spiro atoms. The van der Waals surface area contributed by atoms with Crippen LogP contribution in [0.5, 0.6) is 0 Å². The fraction of sp³-hybridized carbons (Fsp3) is 0.588. The van der Waals surface area contributed by atoms with Gasteiger partial charge in [0.25, 0.3) is 5.91 Å². The summed E-state index contributed by atoms with van der Waals surface area (Å²) < 4.78 is 0. The number of rotatable bonds is 5. The molecule has 1 saturated carbocycles. The number of aliphatic hydroxyl groups excluding tert-OH is 1. The molecule has 1 fully saturated rings. The van der Waals surface area contributed by atoms with Crippen LogP contribution in [0.2, 0.25) is 0 Å². The Hall–Kier alpha value is -1.55. The number of amides is 1. The summed E-state index contributed by atoms with van der Waals surface area (Å²) in [4.78, 5) is 11.7. The van der Waals surface area contributed by atoms with Crippen molar-refractivity contribution in [1.29, 1.82) is 0 Å². The van der Waals surface area contributed by atoms with Gasteiger partial charge < -0.3 is 15.7 Å². The Bertz CT molecular complexity index is 468. The van der Waals surface area contributed by atoms with Crippen LogP contribution in [0.4, 0.5) is 5.69 Å². The molecule has 2 rings (SSSR count). The number of aliphatic hydroxyl groups is 1. The summed E-state index contributed by atoms with van der Waals surface area (Å²) in [5.41, 5.74) is 2.11. The van der Waals surface area contributed by atoms with Crippen LogP contribution in [0.3, 0.4) is 0 Å². The van der Waals surface area contributed by atoms with Crippen molar-refractivity contribution in [3.63, 3.8) is 0 Å². The van der Waals surface area contributed by atoms with Crippen LogP contribution in [0.25, 0.3) is 0 Å². The maximum absolute atomic E-state index is 11.7. The van der Waals surface area contributed by atoms with Crippen molar-refractivity contribution >= 4 is 11.6 Å². The largest absolute Gasteiger partial charge is 0.395 e. The van der Waals surface area contributed by atoms with Gasteiger partial charge >= 0.3 is 0 Å². The second kappa shape index (κ2) is 6.94. The van der Waals surface area contributed by atoms with Crippen molar-refractivity contribution in [3.05, 3.63) is 29.8 Å². The lowest BCUT2D eigenvalue weighted by atomic mass is 9.75. The molecule has 0 bridgehead atoms. The minimum atomic E-state index is -0.144. The van der Waals surface area contributed by atoms with E-state index in [0.29, 0.717) is 17.0 Å². The average molecular weight is 290 g/mol. The van der Waals surface area contributed by atoms with Crippen molar-refractivity contribution in [1.82, 2.24) is 5.32 Å². The minimum Gasteiger partial charge on any atom is -0.395 e. The van der Waals surface area contributed by atoms with Crippen molar-refractivity contribution in [3.8, 4) is 0 Å². The van der Waals surface area contributed by atoms with E-state index in [1.807, 2.05) is 24.3 Å². The smallest absolute Gasteiger partial charge is 0.251 e. The number of carbonyl (C=O) groups excluding carboxylic acids is 1. The summed E-state index contributed by atoms with van der Waals surface area (Å²) in [6, 6.07) is 8.07. The van der Waals surface area contributed by atoms with Crippen LogP contribution in [0.1, 0.15) is 49.9 Å². The lowest BCUT2D eigenvalue weighted by Crippen LogP contribution is -2.31. The van der Waals surface area contributed by atoms with Crippen LogP contribution in [-0.2, 0) is 0 Å². The van der Waals surface area contributed by atoms with Gasteiger partial charge in [-0.3, -0.25) is 4.79 Å². The Balaban J connectivity index is 1.91. The van der Waals surface area contributed by atoms with E-state index in [1.54, 1.807) is 0 Å². The molecule has 1 aromatic carbocycles. The zero-order valence-electron chi connectivity index (χ0n) is 13.0. The fourth-order valence-electron chi connectivity index (χ4n) is 3.05. The molecule has 1 aliphatic carbocycles. The third-order valence-electron chi connectivity index (χ3n) is 4.12. The van der Waals surface area contributed by atoms with Crippen LogP contribution < -0.4 is 10.6 Å². The standard InChI is InChI=1S/C17H26N2O2/c1-17(2)9-3-4-15(12-17)19-14-7-5-13(6-8-14)16(21)18-10-11-20/h5-8,15,19-20H,3-4,9-12H2,1-2H3,(H,18,21). The highest BCUT2D eigenvalue weighted by atomic mass is 16.3. The number of hydrogen-bond donors (Lipinski definition) is 3. The highest BCUT2D eigenvalue weighted by molar-refractivity contribution is 5.94. The maximum Gasteiger partial charge on any atom is 0.251 e. The summed E-state index contributed by atoms with van der Waals surface area (Å²) >= 11 is 0. The van der Waals surface area contributed by atoms with Gasteiger partial charge in [-0.25, -0.2) is 0 Å². The molecule has 21 heavy (non-hydrogen) atoms. The van der Waals surface area contributed by atoms with E-state index in [4.69, 9.17) is 5.11 Å². The highest BCUT2D eigenvalue weighted by Crippen LogP contribution is 2.36. The number of hydrogen-bond acceptors (Lipinski definition) is 3. The molecule has 116 valence electrons. The number of nitrogens with one attached hydrogen (secondary N) is 2. The minimum absolute atomic E-state index is 0.0388. The molecule has 1 aromatic rings. The first-order chi connectivity index (χ1) is 10.00. The van der Waals surface area contributed by atoms with E-state index in [1.165, 1.54) is 25.7 Å². The molecular weight excluding hydrogens is 264 g/mol. The summed E-state index contributed by atoms with van der Waals surface area (Å²) in [5.74, 6) is -0.144.